The third kappa shape index (κ3) is 5.14. The second-order valence-electron chi connectivity index (χ2n) is 3.05. The van der Waals surface area contributed by atoms with Crippen molar-refractivity contribution in [1.29, 1.82) is 0 Å². The molecule has 0 spiro atoms. The number of carbonyl (C=O) groups is 1. The zero-order chi connectivity index (χ0) is 8.10. The van der Waals surface area contributed by atoms with Crippen molar-refractivity contribution in [2.75, 3.05) is 0 Å². The summed E-state index contributed by atoms with van der Waals surface area (Å²) in [7, 11) is 0. The summed E-state index contributed by atoms with van der Waals surface area (Å²) in [5.41, 5.74) is 2.77. The summed E-state index contributed by atoms with van der Waals surface area (Å²) < 4.78 is 0. The topological polar surface area (TPSA) is 38.3 Å². The first-order chi connectivity index (χ1) is 5.29. The van der Waals surface area contributed by atoms with Gasteiger partial charge >= 0.3 is 35.5 Å². The van der Waals surface area contributed by atoms with Gasteiger partial charge in [0, 0.05) is 13.0 Å². The molecule has 12 heavy (non-hydrogen) atoms. The van der Waals surface area contributed by atoms with E-state index in [0.29, 0.717) is 6.04 Å². The van der Waals surface area contributed by atoms with Gasteiger partial charge in [-0.1, -0.05) is 19.3 Å². The summed E-state index contributed by atoms with van der Waals surface area (Å²) in [6.07, 6.45) is 6.08. The van der Waals surface area contributed by atoms with Crippen molar-refractivity contribution < 1.29 is 9.63 Å². The van der Waals surface area contributed by atoms with E-state index in [1.54, 1.807) is 0 Å². The molecule has 0 radical (unpaired) electrons. The molecule has 1 aliphatic carbocycles. The Bertz CT molecular complexity index is 135. The fourth-order valence-corrected chi connectivity index (χ4v) is 1.39. The Kier molecular flexibility index (Phi) is 7.14. The molecule has 0 atom stereocenters. The standard InChI is InChI=1S/C8H15NO2.Na.H/c1-7(10)11-9-8-5-3-2-4-6-8;;/h8-9H,2-6H2,1H3;;. The number of hydroxylamine groups is 1. The second-order valence-corrected chi connectivity index (χ2v) is 3.05. The van der Waals surface area contributed by atoms with E-state index in [0.717, 1.165) is 12.8 Å². The van der Waals surface area contributed by atoms with Crippen LogP contribution < -0.4 is 5.48 Å². The van der Waals surface area contributed by atoms with Crippen molar-refractivity contribution in [3.05, 3.63) is 0 Å². The SMILES string of the molecule is CC(=O)ONC1CCCCC1.[NaH]. The van der Waals surface area contributed by atoms with Gasteiger partial charge in [-0.25, -0.2) is 0 Å². The molecule has 0 aromatic heterocycles. The van der Waals surface area contributed by atoms with Crippen molar-refractivity contribution in [3.8, 4) is 0 Å². The zero-order valence-electron chi connectivity index (χ0n) is 6.93. The number of hydrogen-bond acceptors (Lipinski definition) is 3. The maximum atomic E-state index is 10.4. The van der Waals surface area contributed by atoms with Crippen LogP contribution in [0.1, 0.15) is 39.0 Å². The van der Waals surface area contributed by atoms with Crippen molar-refractivity contribution in [2.45, 2.75) is 45.1 Å². The Hall–Kier alpha value is 0.430. The van der Waals surface area contributed by atoms with Crippen LogP contribution in [-0.4, -0.2) is 41.6 Å². The molecule has 3 nitrogen and oxygen atoms in total. The number of carbonyl (C=O) groups excluding carboxylic acids is 1. The van der Waals surface area contributed by atoms with Crippen molar-refractivity contribution >= 4 is 35.5 Å². The number of rotatable bonds is 2. The summed E-state index contributed by atoms with van der Waals surface area (Å²) in [5.74, 6) is -0.254. The molecule has 0 unspecified atom stereocenters. The minimum atomic E-state index is -0.254. The first-order valence-corrected chi connectivity index (χ1v) is 4.22. The molecule has 1 rings (SSSR count). The average Bonchev–Trinajstić information content (AvgIpc) is 2.03. The van der Waals surface area contributed by atoms with Gasteiger partial charge in [-0.2, -0.15) is 5.48 Å². The molecule has 1 aliphatic rings. The van der Waals surface area contributed by atoms with Gasteiger partial charge in [0.2, 0.25) is 0 Å². The Morgan fingerprint density at radius 3 is 2.42 bits per heavy atom. The van der Waals surface area contributed by atoms with Crippen LogP contribution in [0.4, 0.5) is 0 Å². The summed E-state index contributed by atoms with van der Waals surface area (Å²) in [5, 5.41) is 0. The van der Waals surface area contributed by atoms with Gasteiger partial charge in [-0.05, 0) is 12.8 Å². The summed E-state index contributed by atoms with van der Waals surface area (Å²) >= 11 is 0. The van der Waals surface area contributed by atoms with Gasteiger partial charge in [-0.15, -0.1) is 0 Å². The normalized spacial score (nSPS) is 18.1. The Labute approximate surface area is 95.5 Å². The van der Waals surface area contributed by atoms with Crippen LogP contribution in [0.5, 0.6) is 0 Å². The van der Waals surface area contributed by atoms with Gasteiger partial charge in [0.1, 0.15) is 0 Å². The maximum absolute atomic E-state index is 10.4. The van der Waals surface area contributed by atoms with Crippen LogP contribution in [-0.2, 0) is 9.63 Å². The van der Waals surface area contributed by atoms with E-state index >= 15 is 0 Å². The molecule has 0 aliphatic heterocycles. The molecule has 0 bridgehead atoms. The first kappa shape index (κ1) is 12.4. The van der Waals surface area contributed by atoms with E-state index < -0.39 is 0 Å². The Morgan fingerprint density at radius 1 is 1.33 bits per heavy atom. The van der Waals surface area contributed by atoms with Crippen LogP contribution in [0.15, 0.2) is 0 Å². The van der Waals surface area contributed by atoms with Crippen LogP contribution in [0.25, 0.3) is 0 Å². The van der Waals surface area contributed by atoms with E-state index in [2.05, 4.69) is 5.48 Å². The average molecular weight is 181 g/mol. The molecule has 66 valence electrons. The van der Waals surface area contributed by atoms with Gasteiger partial charge < -0.3 is 4.84 Å². The van der Waals surface area contributed by atoms with Gasteiger partial charge in [0.25, 0.3) is 0 Å². The molecule has 1 saturated carbocycles. The second kappa shape index (κ2) is 6.89. The van der Waals surface area contributed by atoms with E-state index in [1.807, 2.05) is 0 Å². The molecule has 0 saturated heterocycles. The molecule has 0 aromatic carbocycles. The Balaban J connectivity index is 0.00000121. The minimum absolute atomic E-state index is 0. The molecule has 4 heteroatoms. The first-order valence-electron chi connectivity index (χ1n) is 4.22. The van der Waals surface area contributed by atoms with Crippen molar-refractivity contribution in [2.24, 2.45) is 0 Å². The molecular formula is C8H16NNaO2. The van der Waals surface area contributed by atoms with Gasteiger partial charge in [0.05, 0.1) is 0 Å². The molecular weight excluding hydrogens is 165 g/mol. The van der Waals surface area contributed by atoms with E-state index in [9.17, 15) is 4.79 Å². The molecule has 0 heterocycles. The zero-order valence-corrected chi connectivity index (χ0v) is 6.93. The fraction of sp³-hybridized carbons (Fsp3) is 0.875. The summed E-state index contributed by atoms with van der Waals surface area (Å²) in [6.45, 7) is 1.41. The third-order valence-electron chi connectivity index (χ3n) is 1.97. The summed E-state index contributed by atoms with van der Waals surface area (Å²) in [4.78, 5) is 15.1. The molecule has 1 N–H and O–H groups in total. The monoisotopic (exact) mass is 181 g/mol. The van der Waals surface area contributed by atoms with Crippen LogP contribution in [0.2, 0.25) is 0 Å². The molecule has 0 aromatic rings. The quantitative estimate of drug-likeness (QED) is 0.504. The predicted molar refractivity (Wildman–Crippen MR) is 48.9 cm³/mol. The predicted octanol–water partition coefficient (Wildman–Crippen LogP) is 0.738. The van der Waals surface area contributed by atoms with Crippen molar-refractivity contribution in [3.63, 3.8) is 0 Å². The third-order valence-corrected chi connectivity index (χ3v) is 1.97. The number of hydrogen-bond donors (Lipinski definition) is 1. The van der Waals surface area contributed by atoms with E-state index in [-0.39, 0.29) is 35.5 Å². The Morgan fingerprint density at radius 2 is 1.92 bits per heavy atom. The fourth-order valence-electron chi connectivity index (χ4n) is 1.39. The van der Waals surface area contributed by atoms with Crippen LogP contribution in [0, 0.1) is 0 Å². The summed E-state index contributed by atoms with van der Waals surface area (Å²) in [6, 6.07) is 0.396. The van der Waals surface area contributed by atoms with Gasteiger partial charge in [0.15, 0.2) is 0 Å². The van der Waals surface area contributed by atoms with E-state index in [4.69, 9.17) is 4.84 Å². The van der Waals surface area contributed by atoms with Crippen molar-refractivity contribution in [1.82, 2.24) is 5.48 Å². The molecule has 1 fully saturated rings. The van der Waals surface area contributed by atoms with Gasteiger partial charge in [-0.3, -0.25) is 4.79 Å². The number of nitrogens with one attached hydrogen (secondary N) is 1. The van der Waals surface area contributed by atoms with E-state index in [1.165, 1.54) is 26.2 Å². The molecule has 0 amide bonds. The van der Waals surface area contributed by atoms with Crippen LogP contribution in [0.3, 0.4) is 0 Å². The van der Waals surface area contributed by atoms with Crippen LogP contribution >= 0.6 is 0 Å².